The summed E-state index contributed by atoms with van der Waals surface area (Å²) in [6.07, 6.45) is 0.881. The van der Waals surface area contributed by atoms with Gasteiger partial charge in [0, 0.05) is 6.42 Å². The van der Waals surface area contributed by atoms with Crippen LogP contribution in [0.3, 0.4) is 0 Å². The number of carbonyl (C=O) groups is 1. The predicted octanol–water partition coefficient (Wildman–Crippen LogP) is 2.74. The Morgan fingerprint density at radius 3 is 3.00 bits per heavy atom. The first-order valence-electron chi connectivity index (χ1n) is 4.85. The third-order valence-electron chi connectivity index (χ3n) is 2.27. The van der Waals surface area contributed by atoms with Crippen molar-refractivity contribution in [2.75, 3.05) is 0 Å². The standard InChI is InChI=1S/C11H11ClN2O/c1-2-7(15)6-10-13-9-5-3-4-8(12)11(9)14-10/h3-5H,2,6H2,1H3,(H,13,14). The Bertz CT molecular complexity index is 504. The van der Waals surface area contributed by atoms with Gasteiger partial charge in [-0.1, -0.05) is 24.6 Å². The first-order valence-corrected chi connectivity index (χ1v) is 5.23. The van der Waals surface area contributed by atoms with Crippen molar-refractivity contribution in [3.8, 4) is 0 Å². The van der Waals surface area contributed by atoms with E-state index in [4.69, 9.17) is 11.6 Å². The summed E-state index contributed by atoms with van der Waals surface area (Å²) >= 11 is 5.97. The Balaban J connectivity index is 2.39. The van der Waals surface area contributed by atoms with Crippen molar-refractivity contribution >= 4 is 28.4 Å². The van der Waals surface area contributed by atoms with Gasteiger partial charge in [-0.25, -0.2) is 4.98 Å². The Labute approximate surface area is 92.5 Å². The van der Waals surface area contributed by atoms with Crippen molar-refractivity contribution in [2.24, 2.45) is 0 Å². The minimum Gasteiger partial charge on any atom is -0.342 e. The van der Waals surface area contributed by atoms with Crippen LogP contribution < -0.4 is 0 Å². The summed E-state index contributed by atoms with van der Waals surface area (Å²) in [5.74, 6) is 0.857. The molecule has 0 atom stereocenters. The van der Waals surface area contributed by atoms with Gasteiger partial charge in [0.2, 0.25) is 0 Å². The molecular weight excluding hydrogens is 212 g/mol. The number of aromatic amines is 1. The second-order valence-electron chi connectivity index (χ2n) is 3.39. The van der Waals surface area contributed by atoms with Crippen LogP contribution in [0.25, 0.3) is 11.0 Å². The van der Waals surface area contributed by atoms with Crippen LogP contribution in [0.15, 0.2) is 18.2 Å². The van der Waals surface area contributed by atoms with E-state index in [2.05, 4.69) is 9.97 Å². The average molecular weight is 223 g/mol. The Kier molecular flexibility index (Phi) is 2.73. The van der Waals surface area contributed by atoms with Gasteiger partial charge in [0.25, 0.3) is 0 Å². The van der Waals surface area contributed by atoms with E-state index in [0.717, 1.165) is 11.0 Å². The third-order valence-corrected chi connectivity index (χ3v) is 2.58. The molecule has 1 heterocycles. The number of Topliss-reactive ketones (excluding diaryl/α,β-unsaturated/α-hetero) is 1. The van der Waals surface area contributed by atoms with Gasteiger partial charge in [-0.05, 0) is 12.1 Å². The van der Waals surface area contributed by atoms with Crippen LogP contribution >= 0.6 is 11.6 Å². The van der Waals surface area contributed by atoms with Crippen molar-refractivity contribution in [1.29, 1.82) is 0 Å². The van der Waals surface area contributed by atoms with Crippen molar-refractivity contribution in [1.82, 2.24) is 9.97 Å². The summed E-state index contributed by atoms with van der Waals surface area (Å²) in [7, 11) is 0. The molecule has 0 saturated carbocycles. The molecule has 1 aromatic heterocycles. The normalized spacial score (nSPS) is 10.8. The number of ketones is 1. The van der Waals surface area contributed by atoms with Crippen LogP contribution in [0.2, 0.25) is 5.02 Å². The van der Waals surface area contributed by atoms with Gasteiger partial charge in [-0.3, -0.25) is 4.79 Å². The van der Waals surface area contributed by atoms with Crippen molar-refractivity contribution in [3.05, 3.63) is 29.0 Å². The van der Waals surface area contributed by atoms with Gasteiger partial charge >= 0.3 is 0 Å². The van der Waals surface area contributed by atoms with Crippen molar-refractivity contribution < 1.29 is 4.79 Å². The van der Waals surface area contributed by atoms with Gasteiger partial charge in [0.1, 0.15) is 17.1 Å². The number of benzene rings is 1. The topological polar surface area (TPSA) is 45.8 Å². The second-order valence-corrected chi connectivity index (χ2v) is 3.80. The fourth-order valence-corrected chi connectivity index (χ4v) is 1.66. The number of halogens is 1. The number of rotatable bonds is 3. The van der Waals surface area contributed by atoms with Crippen LogP contribution in [0.1, 0.15) is 19.2 Å². The number of fused-ring (bicyclic) bond motifs is 1. The average Bonchev–Trinajstić information content (AvgIpc) is 2.62. The highest BCUT2D eigenvalue weighted by atomic mass is 35.5. The number of hydrogen-bond acceptors (Lipinski definition) is 2. The lowest BCUT2D eigenvalue weighted by Crippen LogP contribution is -2.01. The quantitative estimate of drug-likeness (QED) is 0.868. The molecule has 0 bridgehead atoms. The lowest BCUT2D eigenvalue weighted by atomic mass is 10.2. The second kappa shape index (κ2) is 4.03. The SMILES string of the molecule is CCC(=O)Cc1nc2c(Cl)cccc2[nH]1. The van der Waals surface area contributed by atoms with Crippen LogP contribution in [-0.4, -0.2) is 15.8 Å². The van der Waals surface area contributed by atoms with Crippen LogP contribution in [0, 0.1) is 0 Å². The number of nitrogens with zero attached hydrogens (tertiary/aromatic N) is 1. The lowest BCUT2D eigenvalue weighted by molar-refractivity contribution is -0.118. The smallest absolute Gasteiger partial charge is 0.140 e. The zero-order valence-corrected chi connectivity index (χ0v) is 9.14. The maximum atomic E-state index is 11.2. The van der Waals surface area contributed by atoms with E-state index in [0.29, 0.717) is 23.7 Å². The first kappa shape index (κ1) is 10.2. The van der Waals surface area contributed by atoms with Crippen LogP contribution in [0.5, 0.6) is 0 Å². The predicted molar refractivity (Wildman–Crippen MR) is 60.1 cm³/mol. The molecule has 0 aliphatic carbocycles. The van der Waals surface area contributed by atoms with E-state index in [1.165, 1.54) is 0 Å². The molecule has 0 saturated heterocycles. The zero-order valence-electron chi connectivity index (χ0n) is 8.38. The molecule has 1 N–H and O–H groups in total. The molecule has 0 unspecified atom stereocenters. The van der Waals surface area contributed by atoms with Crippen molar-refractivity contribution in [3.63, 3.8) is 0 Å². The monoisotopic (exact) mass is 222 g/mol. The van der Waals surface area contributed by atoms with Gasteiger partial charge in [0.15, 0.2) is 0 Å². The zero-order chi connectivity index (χ0) is 10.8. The van der Waals surface area contributed by atoms with E-state index >= 15 is 0 Å². The van der Waals surface area contributed by atoms with E-state index in [-0.39, 0.29) is 5.78 Å². The molecule has 1 aromatic carbocycles. The van der Waals surface area contributed by atoms with Gasteiger partial charge in [-0.15, -0.1) is 0 Å². The maximum absolute atomic E-state index is 11.2. The van der Waals surface area contributed by atoms with E-state index < -0.39 is 0 Å². The van der Waals surface area contributed by atoms with Gasteiger partial charge in [0.05, 0.1) is 17.0 Å². The first-order chi connectivity index (χ1) is 7.20. The molecule has 15 heavy (non-hydrogen) atoms. The number of H-pyrrole nitrogens is 1. The molecule has 0 aliphatic rings. The number of aromatic nitrogens is 2. The fraction of sp³-hybridized carbons (Fsp3) is 0.273. The van der Waals surface area contributed by atoms with Crippen LogP contribution in [0.4, 0.5) is 0 Å². The van der Waals surface area contributed by atoms with Crippen molar-refractivity contribution in [2.45, 2.75) is 19.8 Å². The molecule has 0 aliphatic heterocycles. The number of imidazole rings is 1. The Hall–Kier alpha value is -1.35. The molecule has 4 heteroatoms. The number of nitrogens with one attached hydrogen (secondary N) is 1. The molecule has 0 fully saturated rings. The molecular formula is C11H11ClN2O. The Morgan fingerprint density at radius 2 is 2.33 bits per heavy atom. The molecule has 78 valence electrons. The molecule has 3 nitrogen and oxygen atoms in total. The summed E-state index contributed by atoms with van der Waals surface area (Å²) in [5, 5.41) is 0.610. The van der Waals surface area contributed by atoms with Crippen LogP contribution in [-0.2, 0) is 11.2 Å². The molecule has 2 rings (SSSR count). The summed E-state index contributed by atoms with van der Waals surface area (Å²) < 4.78 is 0. The largest absolute Gasteiger partial charge is 0.342 e. The third kappa shape index (κ3) is 2.02. The van der Waals surface area contributed by atoms with E-state index in [1.54, 1.807) is 6.07 Å². The highest BCUT2D eigenvalue weighted by molar-refractivity contribution is 6.34. The minimum atomic E-state index is 0.171. The number of hydrogen-bond donors (Lipinski definition) is 1. The Morgan fingerprint density at radius 1 is 1.53 bits per heavy atom. The summed E-state index contributed by atoms with van der Waals surface area (Å²) in [4.78, 5) is 18.6. The highest BCUT2D eigenvalue weighted by Gasteiger charge is 2.08. The number of para-hydroxylation sites is 1. The number of carbonyl (C=O) groups excluding carboxylic acids is 1. The summed E-state index contributed by atoms with van der Waals surface area (Å²) in [5.41, 5.74) is 1.61. The minimum absolute atomic E-state index is 0.171. The lowest BCUT2D eigenvalue weighted by Gasteiger charge is -1.91. The molecule has 0 spiro atoms. The van der Waals surface area contributed by atoms with E-state index in [1.807, 2.05) is 19.1 Å². The molecule has 0 radical (unpaired) electrons. The highest BCUT2D eigenvalue weighted by Crippen LogP contribution is 2.20. The molecule has 2 aromatic rings. The summed E-state index contributed by atoms with van der Waals surface area (Å²) in [6.45, 7) is 1.85. The van der Waals surface area contributed by atoms with E-state index in [9.17, 15) is 4.79 Å². The maximum Gasteiger partial charge on any atom is 0.140 e. The van der Waals surface area contributed by atoms with Gasteiger partial charge < -0.3 is 4.98 Å². The fourth-order valence-electron chi connectivity index (χ4n) is 1.44. The van der Waals surface area contributed by atoms with Gasteiger partial charge in [-0.2, -0.15) is 0 Å². The molecule has 0 amide bonds. The summed E-state index contributed by atoms with van der Waals surface area (Å²) in [6, 6.07) is 5.54.